The highest BCUT2D eigenvalue weighted by molar-refractivity contribution is 6.57. The lowest BCUT2D eigenvalue weighted by molar-refractivity contribution is -0.384. The first-order valence-corrected chi connectivity index (χ1v) is 4.68. The second-order valence-corrected chi connectivity index (χ2v) is 3.54. The number of hydrogen-bond acceptors (Lipinski definition) is 3. The molecule has 1 aromatic heterocycles. The molecule has 90 valence electrons. The van der Waals surface area contributed by atoms with Crippen molar-refractivity contribution in [2.45, 2.75) is 6.44 Å². The van der Waals surface area contributed by atoms with E-state index in [4.69, 9.17) is 0 Å². The highest BCUT2D eigenvalue weighted by Crippen LogP contribution is 2.22. The third-order valence-electron chi connectivity index (χ3n) is 2.22. The van der Waals surface area contributed by atoms with E-state index in [1.54, 1.807) is 0 Å². The number of hydrogen-bond donors (Lipinski definition) is 0. The van der Waals surface area contributed by atoms with E-state index in [1.165, 1.54) is 18.3 Å². The molecule has 5 nitrogen and oxygen atoms in total. The molecular weight excluding hydrogens is 238 g/mol. The zero-order chi connectivity index (χ0) is 12.6. The van der Waals surface area contributed by atoms with E-state index in [0.29, 0.717) is 5.39 Å². The summed E-state index contributed by atoms with van der Waals surface area (Å²) >= 11 is 0. The predicted molar refractivity (Wildman–Crippen MR) is 55.5 cm³/mol. The highest BCUT2D eigenvalue weighted by atomic mass is 19.4. The summed E-state index contributed by atoms with van der Waals surface area (Å²) in [5, 5.41) is 14.5. The normalized spacial score (nSPS) is 11.9. The molecule has 0 aliphatic carbocycles. The van der Waals surface area contributed by atoms with Crippen LogP contribution in [-0.2, 0) is 6.44 Å². The van der Waals surface area contributed by atoms with Crippen LogP contribution in [0.15, 0.2) is 24.4 Å². The first kappa shape index (κ1) is 11.4. The smallest absolute Gasteiger partial charge is 0.448 e. The fraction of sp³-hybridized carbons (Fsp3) is 0.125. The number of aromatic nitrogens is 2. The van der Waals surface area contributed by atoms with Crippen molar-refractivity contribution in [2.75, 3.05) is 0 Å². The molecule has 2 aromatic rings. The molecule has 0 saturated carbocycles. The Morgan fingerprint density at radius 3 is 2.71 bits per heavy atom. The van der Waals surface area contributed by atoms with Gasteiger partial charge in [0, 0.05) is 24.0 Å². The topological polar surface area (TPSA) is 61.0 Å². The van der Waals surface area contributed by atoms with Crippen molar-refractivity contribution in [3.8, 4) is 0 Å². The summed E-state index contributed by atoms with van der Waals surface area (Å²) in [6.45, 7) is -5.03. The molecular formula is C8H6BF3N3O2-. The monoisotopic (exact) mass is 244 g/mol. The largest absolute Gasteiger partial charge is 0.499 e. The number of fused-ring (bicyclic) bond motifs is 1. The van der Waals surface area contributed by atoms with Gasteiger partial charge in [0.2, 0.25) is 0 Å². The SMILES string of the molecule is O=[N+]([O-])c1ccc2cnn(C[B-](F)(F)F)c2c1. The minimum atomic E-state index is -5.03. The van der Waals surface area contributed by atoms with Gasteiger partial charge >= 0.3 is 6.98 Å². The minimum Gasteiger partial charge on any atom is -0.448 e. The van der Waals surface area contributed by atoms with Crippen molar-refractivity contribution in [3.05, 3.63) is 34.5 Å². The average Bonchev–Trinajstić information content (AvgIpc) is 2.58. The second-order valence-electron chi connectivity index (χ2n) is 3.54. The summed E-state index contributed by atoms with van der Waals surface area (Å²) in [6, 6.07) is 3.69. The van der Waals surface area contributed by atoms with Crippen LogP contribution in [0.3, 0.4) is 0 Å². The Morgan fingerprint density at radius 2 is 2.12 bits per heavy atom. The Kier molecular flexibility index (Phi) is 2.53. The molecule has 0 unspecified atom stereocenters. The number of halogens is 3. The van der Waals surface area contributed by atoms with Gasteiger partial charge in [0.25, 0.3) is 5.69 Å². The Morgan fingerprint density at radius 1 is 1.41 bits per heavy atom. The minimum absolute atomic E-state index is 0.110. The molecule has 1 heterocycles. The summed E-state index contributed by atoms with van der Waals surface area (Å²) in [5.74, 6) is 0. The van der Waals surface area contributed by atoms with Crippen LogP contribution < -0.4 is 0 Å². The first-order chi connectivity index (χ1) is 7.87. The van der Waals surface area contributed by atoms with Crippen molar-refractivity contribution in [1.82, 2.24) is 9.78 Å². The molecule has 0 saturated heterocycles. The molecule has 0 fully saturated rings. The molecule has 0 N–H and O–H groups in total. The maximum absolute atomic E-state index is 12.3. The van der Waals surface area contributed by atoms with Gasteiger partial charge < -0.3 is 12.9 Å². The Balaban J connectivity index is 2.50. The number of rotatable bonds is 3. The molecule has 0 atom stereocenters. The summed E-state index contributed by atoms with van der Waals surface area (Å²) in [4.78, 5) is 9.86. The zero-order valence-corrected chi connectivity index (χ0v) is 8.39. The summed E-state index contributed by atoms with van der Waals surface area (Å²) in [6.07, 6.45) is 0.0472. The van der Waals surface area contributed by atoms with Crippen LogP contribution in [0.1, 0.15) is 0 Å². The van der Waals surface area contributed by atoms with Gasteiger partial charge in [-0.15, -0.1) is 0 Å². The molecule has 0 amide bonds. The molecule has 17 heavy (non-hydrogen) atoms. The Hall–Kier alpha value is -2.06. The maximum atomic E-state index is 12.3. The van der Waals surface area contributed by atoms with E-state index in [0.717, 1.165) is 10.7 Å². The number of nitro benzene ring substituents is 1. The summed E-state index contributed by atoms with van der Waals surface area (Å²) < 4.78 is 37.5. The number of benzene rings is 1. The van der Waals surface area contributed by atoms with Crippen molar-refractivity contribution >= 4 is 23.6 Å². The molecule has 2 rings (SSSR count). The zero-order valence-electron chi connectivity index (χ0n) is 8.39. The van der Waals surface area contributed by atoms with E-state index in [1.807, 2.05) is 0 Å². The van der Waals surface area contributed by atoms with Crippen molar-refractivity contribution in [3.63, 3.8) is 0 Å². The van der Waals surface area contributed by atoms with Gasteiger partial charge in [0.1, 0.15) is 0 Å². The maximum Gasteiger partial charge on any atom is 0.499 e. The highest BCUT2D eigenvalue weighted by Gasteiger charge is 2.25. The summed E-state index contributed by atoms with van der Waals surface area (Å²) in [5.41, 5.74) is -0.146. The van der Waals surface area contributed by atoms with Gasteiger partial charge in [-0.05, 0) is 6.07 Å². The van der Waals surface area contributed by atoms with Crippen LogP contribution in [0.5, 0.6) is 0 Å². The lowest BCUT2D eigenvalue weighted by Crippen LogP contribution is -2.24. The van der Waals surface area contributed by atoms with Gasteiger partial charge in [0.05, 0.1) is 16.6 Å². The van der Waals surface area contributed by atoms with Gasteiger partial charge in [-0.25, -0.2) is 0 Å². The van der Waals surface area contributed by atoms with Crippen LogP contribution in [0.2, 0.25) is 0 Å². The quantitative estimate of drug-likeness (QED) is 0.472. The molecule has 9 heteroatoms. The molecule has 0 bridgehead atoms. The van der Waals surface area contributed by atoms with E-state index in [-0.39, 0.29) is 11.2 Å². The van der Waals surface area contributed by atoms with E-state index >= 15 is 0 Å². The lowest BCUT2D eigenvalue weighted by Gasteiger charge is -2.13. The fourth-order valence-corrected chi connectivity index (χ4v) is 1.51. The van der Waals surface area contributed by atoms with E-state index in [9.17, 15) is 23.1 Å². The molecule has 0 spiro atoms. The first-order valence-electron chi connectivity index (χ1n) is 4.68. The van der Waals surface area contributed by atoms with Crippen molar-refractivity contribution in [2.24, 2.45) is 0 Å². The van der Waals surface area contributed by atoms with Gasteiger partial charge in [-0.1, -0.05) is 0 Å². The van der Waals surface area contributed by atoms with Gasteiger partial charge in [0.15, 0.2) is 0 Å². The molecule has 1 aromatic carbocycles. The van der Waals surface area contributed by atoms with Crippen LogP contribution in [0, 0.1) is 10.1 Å². The molecule has 0 aliphatic heterocycles. The van der Waals surface area contributed by atoms with E-state index < -0.39 is 18.3 Å². The van der Waals surface area contributed by atoms with Gasteiger partial charge in [-0.3, -0.25) is 14.8 Å². The fourth-order valence-electron chi connectivity index (χ4n) is 1.51. The Bertz CT molecular complexity index is 581. The van der Waals surface area contributed by atoms with Crippen LogP contribution in [-0.4, -0.2) is 21.7 Å². The molecule has 0 aliphatic rings. The average molecular weight is 244 g/mol. The van der Waals surface area contributed by atoms with Crippen molar-refractivity contribution in [1.29, 1.82) is 0 Å². The second kappa shape index (κ2) is 3.76. The van der Waals surface area contributed by atoms with Crippen LogP contribution >= 0.6 is 0 Å². The third kappa shape index (κ3) is 2.37. The van der Waals surface area contributed by atoms with Crippen molar-refractivity contribution < 1.29 is 17.9 Å². The number of nitrogens with zero attached hydrogens (tertiary/aromatic N) is 3. The van der Waals surface area contributed by atoms with E-state index in [2.05, 4.69) is 5.10 Å². The standard InChI is InChI=1S/C8H6BF3N3O2/c10-9(11,12)5-14-8-3-7(15(16)17)2-1-6(8)4-13-14/h1-4H,5H2/q-1. The van der Waals surface area contributed by atoms with Crippen LogP contribution in [0.25, 0.3) is 10.9 Å². The summed E-state index contributed by atoms with van der Waals surface area (Å²) in [7, 11) is 0. The molecule has 0 radical (unpaired) electrons. The van der Waals surface area contributed by atoms with Crippen LogP contribution in [0.4, 0.5) is 18.6 Å². The predicted octanol–water partition coefficient (Wildman–Crippen LogP) is 2.33. The number of nitro groups is 1. The third-order valence-corrected chi connectivity index (χ3v) is 2.22. The Labute approximate surface area is 93.0 Å². The number of non-ortho nitro benzene ring substituents is 1. The lowest BCUT2D eigenvalue weighted by atomic mass is 9.92. The van der Waals surface area contributed by atoms with Gasteiger partial charge in [-0.2, -0.15) is 5.10 Å².